The molecule has 0 aromatic carbocycles. The highest BCUT2D eigenvalue weighted by molar-refractivity contribution is 5.96. The Hall–Kier alpha value is -2.34. The molecule has 2 aliphatic heterocycles. The van der Waals surface area contributed by atoms with E-state index in [0.717, 1.165) is 0 Å². The summed E-state index contributed by atoms with van der Waals surface area (Å²) >= 11 is 0. The first-order valence-corrected chi connectivity index (χ1v) is 7.85. The minimum Gasteiger partial charge on any atom is -0.390 e. The summed E-state index contributed by atoms with van der Waals surface area (Å²) in [5, 5.41) is 0. The first-order valence-electron chi connectivity index (χ1n) is 7.85. The minimum atomic E-state index is -5.23. The van der Waals surface area contributed by atoms with Gasteiger partial charge in [0, 0.05) is 13.1 Å². The molecule has 0 aliphatic carbocycles. The van der Waals surface area contributed by atoms with Crippen LogP contribution < -0.4 is 0 Å². The second-order valence-corrected chi connectivity index (χ2v) is 6.05. The van der Waals surface area contributed by atoms with Crippen LogP contribution in [0.3, 0.4) is 0 Å². The standard InChI is InChI=1S/C14H14F6N2O5/c15-13(16,17)11(25)21-5-1-3-7(21)9(23)27-10(24)8-4-2-6-22(8)12(26)14(18,19)20/h7-8H,1-6H2/t7-,8-/m1/s1. The molecule has 0 unspecified atom stereocenters. The topological polar surface area (TPSA) is 84.0 Å². The van der Waals surface area contributed by atoms with Gasteiger partial charge in [0.1, 0.15) is 12.1 Å². The first kappa shape index (κ1) is 21.0. The smallest absolute Gasteiger partial charge is 0.390 e. The molecule has 2 fully saturated rings. The zero-order valence-corrected chi connectivity index (χ0v) is 13.6. The molecule has 0 spiro atoms. The van der Waals surface area contributed by atoms with E-state index in [-0.39, 0.29) is 48.6 Å². The number of likely N-dealkylation sites (tertiary alicyclic amines) is 2. The Morgan fingerprint density at radius 2 is 1.04 bits per heavy atom. The van der Waals surface area contributed by atoms with E-state index in [2.05, 4.69) is 4.74 Å². The van der Waals surface area contributed by atoms with E-state index in [1.165, 1.54) is 0 Å². The minimum absolute atomic E-state index is 0.0535. The maximum absolute atomic E-state index is 12.5. The van der Waals surface area contributed by atoms with Crippen LogP contribution in [0, 0.1) is 0 Å². The number of ether oxygens (including phenoxy) is 1. The molecule has 152 valence electrons. The van der Waals surface area contributed by atoms with Gasteiger partial charge in [0.25, 0.3) is 0 Å². The van der Waals surface area contributed by atoms with Gasteiger partial charge in [-0.3, -0.25) is 9.59 Å². The summed E-state index contributed by atoms with van der Waals surface area (Å²) < 4.78 is 79.6. The lowest BCUT2D eigenvalue weighted by Gasteiger charge is -2.26. The number of hydrogen-bond donors (Lipinski definition) is 0. The van der Waals surface area contributed by atoms with E-state index in [1.54, 1.807) is 0 Å². The van der Waals surface area contributed by atoms with E-state index in [9.17, 15) is 45.5 Å². The quantitative estimate of drug-likeness (QED) is 0.392. The molecule has 13 heteroatoms. The number of halogens is 6. The Kier molecular flexibility index (Phi) is 5.71. The van der Waals surface area contributed by atoms with Gasteiger partial charge in [-0.25, -0.2) is 9.59 Å². The van der Waals surface area contributed by atoms with Crippen LogP contribution in [0.2, 0.25) is 0 Å². The van der Waals surface area contributed by atoms with Gasteiger partial charge < -0.3 is 14.5 Å². The monoisotopic (exact) mass is 404 g/mol. The Labute approximate surface area is 148 Å². The van der Waals surface area contributed by atoms with Crippen molar-refractivity contribution in [2.75, 3.05) is 13.1 Å². The van der Waals surface area contributed by atoms with Crippen molar-refractivity contribution in [1.82, 2.24) is 9.80 Å². The van der Waals surface area contributed by atoms with Crippen molar-refractivity contribution in [3.63, 3.8) is 0 Å². The van der Waals surface area contributed by atoms with Gasteiger partial charge in [0.15, 0.2) is 0 Å². The summed E-state index contributed by atoms with van der Waals surface area (Å²) in [7, 11) is 0. The lowest BCUT2D eigenvalue weighted by Crippen LogP contribution is -2.50. The summed E-state index contributed by atoms with van der Waals surface area (Å²) in [4.78, 5) is 47.0. The lowest BCUT2D eigenvalue weighted by atomic mass is 10.2. The Morgan fingerprint density at radius 1 is 0.704 bits per heavy atom. The van der Waals surface area contributed by atoms with Crippen LogP contribution >= 0.6 is 0 Å². The van der Waals surface area contributed by atoms with Crippen LogP contribution in [-0.4, -0.2) is 71.1 Å². The number of carbonyl (C=O) groups excluding carboxylic acids is 4. The van der Waals surface area contributed by atoms with Gasteiger partial charge in [0.2, 0.25) is 0 Å². The molecule has 0 N–H and O–H groups in total. The van der Waals surface area contributed by atoms with Crippen molar-refractivity contribution in [2.45, 2.75) is 50.1 Å². The van der Waals surface area contributed by atoms with Crippen LogP contribution in [0.1, 0.15) is 25.7 Å². The third-order valence-electron chi connectivity index (χ3n) is 4.26. The zero-order valence-electron chi connectivity index (χ0n) is 13.6. The van der Waals surface area contributed by atoms with E-state index in [1.807, 2.05) is 0 Å². The normalized spacial score (nSPS) is 23.5. The molecule has 0 aromatic heterocycles. The lowest BCUT2D eigenvalue weighted by molar-refractivity contribution is -0.191. The fraction of sp³-hybridized carbons (Fsp3) is 0.714. The average Bonchev–Trinajstić information content (AvgIpc) is 3.20. The van der Waals surface area contributed by atoms with Crippen LogP contribution in [-0.2, 0) is 23.9 Å². The second kappa shape index (κ2) is 7.35. The predicted octanol–water partition coefficient (Wildman–Crippen LogP) is 1.16. The zero-order chi connectivity index (χ0) is 20.6. The maximum atomic E-state index is 12.5. The Balaban J connectivity index is 2.05. The highest BCUT2D eigenvalue weighted by Gasteiger charge is 2.50. The van der Waals surface area contributed by atoms with E-state index >= 15 is 0 Å². The van der Waals surface area contributed by atoms with Crippen LogP contribution in [0.5, 0.6) is 0 Å². The summed E-state index contributed by atoms with van der Waals surface area (Å²) in [5.41, 5.74) is 0. The third kappa shape index (κ3) is 4.50. The molecule has 2 heterocycles. The molecule has 7 nitrogen and oxygen atoms in total. The fourth-order valence-electron chi connectivity index (χ4n) is 3.07. The van der Waals surface area contributed by atoms with Gasteiger partial charge in [-0.15, -0.1) is 0 Å². The van der Waals surface area contributed by atoms with E-state index in [0.29, 0.717) is 0 Å². The summed E-state index contributed by atoms with van der Waals surface area (Å²) in [6.07, 6.45) is -10.7. The van der Waals surface area contributed by atoms with Gasteiger partial charge in [0.05, 0.1) is 0 Å². The number of carbonyl (C=O) groups is 4. The molecule has 0 bridgehead atoms. The van der Waals surface area contributed by atoms with Crippen molar-refractivity contribution in [1.29, 1.82) is 0 Å². The Morgan fingerprint density at radius 3 is 1.33 bits per heavy atom. The molecule has 2 aliphatic rings. The van der Waals surface area contributed by atoms with E-state index < -0.39 is 48.2 Å². The molecule has 0 aromatic rings. The molecule has 2 saturated heterocycles. The molecule has 2 rings (SSSR count). The van der Waals surface area contributed by atoms with Crippen LogP contribution in [0.25, 0.3) is 0 Å². The van der Waals surface area contributed by atoms with Gasteiger partial charge in [-0.1, -0.05) is 0 Å². The van der Waals surface area contributed by atoms with Crippen molar-refractivity contribution in [2.24, 2.45) is 0 Å². The predicted molar refractivity (Wildman–Crippen MR) is 72.7 cm³/mol. The molecule has 2 atom stereocenters. The average molecular weight is 404 g/mol. The van der Waals surface area contributed by atoms with Gasteiger partial charge in [-0.2, -0.15) is 26.3 Å². The first-order chi connectivity index (χ1) is 12.3. The SMILES string of the molecule is O=C(OC(=O)[C@H]1CCCN1C(=O)C(F)(F)F)[C@H]1CCCN1C(=O)C(F)(F)F. The van der Waals surface area contributed by atoms with Gasteiger partial charge >= 0.3 is 36.1 Å². The number of amides is 2. The molecule has 0 saturated carbocycles. The highest BCUT2D eigenvalue weighted by Crippen LogP contribution is 2.28. The van der Waals surface area contributed by atoms with Crippen molar-refractivity contribution >= 4 is 23.8 Å². The number of nitrogens with zero attached hydrogens (tertiary/aromatic N) is 2. The highest BCUT2D eigenvalue weighted by atomic mass is 19.4. The van der Waals surface area contributed by atoms with E-state index in [4.69, 9.17) is 0 Å². The molecular weight excluding hydrogens is 390 g/mol. The van der Waals surface area contributed by atoms with Crippen LogP contribution in [0.4, 0.5) is 26.3 Å². The number of rotatable bonds is 2. The fourth-order valence-corrected chi connectivity index (χ4v) is 3.07. The van der Waals surface area contributed by atoms with Crippen molar-refractivity contribution < 1.29 is 50.3 Å². The third-order valence-corrected chi connectivity index (χ3v) is 4.26. The molecule has 0 radical (unpaired) electrons. The number of alkyl halides is 6. The summed E-state index contributed by atoms with van der Waals surface area (Å²) in [6, 6.07) is -3.34. The van der Waals surface area contributed by atoms with Crippen molar-refractivity contribution in [3.05, 3.63) is 0 Å². The Bertz CT molecular complexity index is 593. The maximum Gasteiger partial charge on any atom is 0.471 e. The summed E-state index contributed by atoms with van der Waals surface area (Å²) in [6.45, 7) is -0.761. The number of esters is 2. The number of hydrogen-bond acceptors (Lipinski definition) is 5. The molecule has 2 amide bonds. The largest absolute Gasteiger partial charge is 0.471 e. The van der Waals surface area contributed by atoms with Crippen molar-refractivity contribution in [3.8, 4) is 0 Å². The molecule has 27 heavy (non-hydrogen) atoms. The second-order valence-electron chi connectivity index (χ2n) is 6.05. The van der Waals surface area contributed by atoms with Gasteiger partial charge in [-0.05, 0) is 25.7 Å². The summed E-state index contributed by atoms with van der Waals surface area (Å²) in [5.74, 6) is -7.49. The molecular formula is C14H14F6N2O5. The van der Waals surface area contributed by atoms with Crippen LogP contribution in [0.15, 0.2) is 0 Å².